The minimum absolute atomic E-state index is 0.0522. The molecule has 0 unspecified atom stereocenters. The van der Waals surface area contributed by atoms with Crippen LogP contribution in [0.2, 0.25) is 0 Å². The van der Waals surface area contributed by atoms with E-state index in [1.165, 1.54) is 29.0 Å². The maximum Gasteiger partial charge on any atom is 0.251 e. The number of rotatable bonds is 7. The number of aromatic nitrogens is 4. The van der Waals surface area contributed by atoms with Gasteiger partial charge in [-0.1, -0.05) is 48.2 Å². The first-order chi connectivity index (χ1) is 13.3. The molecule has 0 saturated carbocycles. The molecular weight excluding hydrogens is 358 g/mol. The molecule has 27 heavy (non-hydrogen) atoms. The third kappa shape index (κ3) is 4.03. The average Bonchev–Trinajstić information content (AvgIpc) is 3.37. The molecule has 136 valence electrons. The van der Waals surface area contributed by atoms with Crippen molar-refractivity contribution < 1.29 is 4.79 Å². The Balaban J connectivity index is 1.38. The van der Waals surface area contributed by atoms with Gasteiger partial charge in [0.1, 0.15) is 6.33 Å². The van der Waals surface area contributed by atoms with E-state index < -0.39 is 0 Å². The van der Waals surface area contributed by atoms with Crippen LogP contribution < -0.4 is 5.32 Å². The van der Waals surface area contributed by atoms with Gasteiger partial charge >= 0.3 is 0 Å². The zero-order valence-electron chi connectivity index (χ0n) is 14.6. The highest BCUT2D eigenvalue weighted by Crippen LogP contribution is 2.21. The van der Waals surface area contributed by atoms with E-state index in [1.54, 1.807) is 0 Å². The van der Waals surface area contributed by atoms with Crippen molar-refractivity contribution in [2.24, 2.45) is 0 Å². The Hall–Kier alpha value is -3.06. The van der Waals surface area contributed by atoms with Gasteiger partial charge in [-0.2, -0.15) is 5.10 Å². The van der Waals surface area contributed by atoms with Crippen LogP contribution >= 0.6 is 11.8 Å². The molecule has 4 rings (SSSR count). The normalized spacial score (nSPS) is 11.0. The minimum atomic E-state index is -0.0522. The van der Waals surface area contributed by atoms with Crippen LogP contribution in [0.25, 0.3) is 10.9 Å². The summed E-state index contributed by atoms with van der Waals surface area (Å²) >= 11 is 1.52. The van der Waals surface area contributed by atoms with Gasteiger partial charge in [-0.25, -0.2) is 4.98 Å². The van der Waals surface area contributed by atoms with Crippen LogP contribution in [0.4, 0.5) is 0 Å². The number of hydrogen-bond acceptors (Lipinski definition) is 4. The molecule has 0 bridgehead atoms. The summed E-state index contributed by atoms with van der Waals surface area (Å²) in [6.07, 6.45) is 4.27. The van der Waals surface area contributed by atoms with Gasteiger partial charge < -0.3 is 10.3 Å². The summed E-state index contributed by atoms with van der Waals surface area (Å²) in [5.41, 5.74) is 4.00. The van der Waals surface area contributed by atoms with E-state index in [0.717, 1.165) is 22.7 Å². The largest absolute Gasteiger partial charge is 0.361 e. The smallest absolute Gasteiger partial charge is 0.251 e. The maximum atomic E-state index is 12.7. The lowest BCUT2D eigenvalue weighted by Gasteiger charge is -2.09. The topological polar surface area (TPSA) is 86.5 Å². The molecule has 0 saturated heterocycles. The highest BCUT2D eigenvalue weighted by Gasteiger charge is 2.12. The second kappa shape index (κ2) is 8.09. The first-order valence-electron chi connectivity index (χ1n) is 8.70. The highest BCUT2D eigenvalue weighted by molar-refractivity contribution is 7.98. The zero-order chi connectivity index (χ0) is 18.5. The Kier molecular flexibility index (Phi) is 5.20. The third-order valence-corrected chi connectivity index (χ3v) is 5.30. The van der Waals surface area contributed by atoms with Crippen molar-refractivity contribution >= 4 is 28.6 Å². The van der Waals surface area contributed by atoms with Crippen LogP contribution in [0.15, 0.2) is 66.2 Å². The molecule has 0 aliphatic rings. The van der Waals surface area contributed by atoms with Gasteiger partial charge in [-0.15, -0.1) is 0 Å². The molecule has 2 heterocycles. The number of H-pyrrole nitrogens is 2. The van der Waals surface area contributed by atoms with E-state index in [9.17, 15) is 4.79 Å². The maximum absolute atomic E-state index is 12.7. The molecular formula is C20H19N5OS. The highest BCUT2D eigenvalue weighted by atomic mass is 32.2. The minimum Gasteiger partial charge on any atom is -0.361 e. The van der Waals surface area contributed by atoms with E-state index in [0.29, 0.717) is 17.9 Å². The number of nitrogens with one attached hydrogen (secondary N) is 3. The van der Waals surface area contributed by atoms with Crippen molar-refractivity contribution in [3.8, 4) is 0 Å². The van der Waals surface area contributed by atoms with Crippen molar-refractivity contribution in [2.75, 3.05) is 6.54 Å². The number of benzene rings is 2. The first kappa shape index (κ1) is 17.4. The number of carbonyl (C=O) groups excluding carboxylic acids is 1. The summed E-state index contributed by atoms with van der Waals surface area (Å²) in [6.45, 7) is 0.588. The second-order valence-electron chi connectivity index (χ2n) is 6.10. The van der Waals surface area contributed by atoms with E-state index in [-0.39, 0.29) is 5.91 Å². The van der Waals surface area contributed by atoms with E-state index in [4.69, 9.17) is 0 Å². The van der Waals surface area contributed by atoms with Crippen LogP contribution in [0.5, 0.6) is 0 Å². The van der Waals surface area contributed by atoms with Gasteiger partial charge in [0.25, 0.3) is 5.91 Å². The molecule has 0 aliphatic heterocycles. The molecule has 3 N–H and O–H groups in total. The van der Waals surface area contributed by atoms with Crippen LogP contribution in [-0.2, 0) is 12.2 Å². The second-order valence-corrected chi connectivity index (χ2v) is 7.07. The summed E-state index contributed by atoms with van der Waals surface area (Å²) < 4.78 is 0. The Bertz CT molecular complexity index is 1040. The monoisotopic (exact) mass is 377 g/mol. The van der Waals surface area contributed by atoms with Gasteiger partial charge in [0.15, 0.2) is 5.16 Å². The zero-order valence-corrected chi connectivity index (χ0v) is 15.4. The molecule has 0 spiro atoms. The number of thioether (sulfide) groups is 1. The fourth-order valence-corrected chi connectivity index (χ4v) is 3.80. The van der Waals surface area contributed by atoms with E-state index >= 15 is 0 Å². The first-order valence-corrected chi connectivity index (χ1v) is 9.69. The van der Waals surface area contributed by atoms with Gasteiger partial charge in [0.05, 0.1) is 0 Å². The molecule has 2 aromatic carbocycles. The molecule has 2 aromatic heterocycles. The van der Waals surface area contributed by atoms with Gasteiger partial charge in [0.2, 0.25) is 0 Å². The van der Waals surface area contributed by atoms with Crippen molar-refractivity contribution in [3.63, 3.8) is 0 Å². The van der Waals surface area contributed by atoms with Gasteiger partial charge in [-0.05, 0) is 29.7 Å². The molecule has 7 heteroatoms. The molecule has 0 aliphatic carbocycles. The predicted molar refractivity (Wildman–Crippen MR) is 107 cm³/mol. The van der Waals surface area contributed by atoms with Crippen LogP contribution in [0, 0.1) is 0 Å². The summed E-state index contributed by atoms with van der Waals surface area (Å²) in [5.74, 6) is 0.602. The lowest BCUT2D eigenvalue weighted by atomic mass is 10.1. The van der Waals surface area contributed by atoms with Gasteiger partial charge in [0, 0.05) is 35.0 Å². The molecule has 6 nitrogen and oxygen atoms in total. The summed E-state index contributed by atoms with van der Waals surface area (Å²) in [7, 11) is 0. The van der Waals surface area contributed by atoms with Crippen LogP contribution in [0.1, 0.15) is 21.5 Å². The predicted octanol–water partition coefficient (Wildman–Crippen LogP) is 3.55. The molecule has 4 aromatic rings. The Morgan fingerprint density at radius 1 is 1.07 bits per heavy atom. The SMILES string of the molecule is O=C(NCCc1c[nH]c2ccccc12)c1ccccc1CSc1ncn[nH]1. The van der Waals surface area contributed by atoms with Crippen molar-refractivity contribution in [2.45, 2.75) is 17.3 Å². The molecule has 1 amide bonds. The molecule has 0 fully saturated rings. The fraction of sp³-hybridized carbons (Fsp3) is 0.150. The van der Waals surface area contributed by atoms with E-state index in [1.807, 2.05) is 42.6 Å². The Morgan fingerprint density at radius 3 is 2.81 bits per heavy atom. The van der Waals surface area contributed by atoms with Crippen LogP contribution in [0.3, 0.4) is 0 Å². The third-order valence-electron chi connectivity index (χ3n) is 4.37. The fourth-order valence-electron chi connectivity index (χ4n) is 3.02. The van der Waals surface area contributed by atoms with Crippen molar-refractivity contribution in [1.82, 2.24) is 25.5 Å². The van der Waals surface area contributed by atoms with Gasteiger partial charge in [-0.3, -0.25) is 9.89 Å². The molecule has 0 radical (unpaired) electrons. The number of nitrogens with zero attached hydrogens (tertiary/aromatic N) is 2. The average molecular weight is 377 g/mol. The lowest BCUT2D eigenvalue weighted by Crippen LogP contribution is -2.26. The van der Waals surface area contributed by atoms with Crippen molar-refractivity contribution in [3.05, 3.63) is 77.7 Å². The number of carbonyl (C=O) groups is 1. The standard InChI is InChI=1S/C20H19N5OS/c26-19(21-10-9-14-11-22-18-8-4-3-6-16(14)18)17-7-2-1-5-15(17)12-27-20-23-13-24-25-20/h1-8,11,13,22H,9-10,12H2,(H,21,26)(H,23,24,25). The summed E-state index contributed by atoms with van der Waals surface area (Å²) in [6, 6.07) is 15.9. The van der Waals surface area contributed by atoms with E-state index in [2.05, 4.69) is 37.6 Å². The molecule has 0 atom stereocenters. The summed E-state index contributed by atoms with van der Waals surface area (Å²) in [4.78, 5) is 20.0. The Labute approximate surface area is 160 Å². The quantitative estimate of drug-likeness (QED) is 0.430. The van der Waals surface area contributed by atoms with Crippen molar-refractivity contribution in [1.29, 1.82) is 0 Å². The summed E-state index contributed by atoms with van der Waals surface area (Å²) in [5, 5.41) is 11.6. The number of hydrogen-bond donors (Lipinski definition) is 3. The Morgan fingerprint density at radius 2 is 1.93 bits per heavy atom. The number of amides is 1. The lowest BCUT2D eigenvalue weighted by molar-refractivity contribution is 0.0953. The van der Waals surface area contributed by atoms with Crippen LogP contribution in [-0.4, -0.2) is 32.6 Å². The number of fused-ring (bicyclic) bond motifs is 1. The number of aromatic amines is 2. The number of para-hydroxylation sites is 1.